The standard InChI is InChI=1S/C14H17N3O3S2/c18-22(19,12-4-1-3-11-13(12)16-21-15-11)17-7-2-5-14(9-17)6-8-20-10-14/h1,3-4H,2,5-10H2. The van der Waals surface area contributed by atoms with E-state index < -0.39 is 10.0 Å². The monoisotopic (exact) mass is 339 g/mol. The average Bonchev–Trinajstić information content (AvgIpc) is 3.16. The molecule has 1 aromatic heterocycles. The molecule has 3 heterocycles. The Bertz CT molecular complexity index is 797. The number of hydrogen-bond acceptors (Lipinski definition) is 6. The molecular formula is C14H17N3O3S2. The van der Waals surface area contributed by atoms with E-state index in [1.165, 1.54) is 0 Å². The van der Waals surface area contributed by atoms with Gasteiger partial charge >= 0.3 is 0 Å². The van der Waals surface area contributed by atoms with E-state index in [-0.39, 0.29) is 10.3 Å². The molecule has 0 radical (unpaired) electrons. The van der Waals surface area contributed by atoms with E-state index in [4.69, 9.17) is 4.74 Å². The molecule has 0 amide bonds. The number of sulfonamides is 1. The van der Waals surface area contributed by atoms with E-state index in [2.05, 4.69) is 8.75 Å². The zero-order chi connectivity index (χ0) is 15.2. The lowest BCUT2D eigenvalue weighted by Crippen LogP contribution is -2.46. The van der Waals surface area contributed by atoms with Gasteiger partial charge in [-0.3, -0.25) is 0 Å². The van der Waals surface area contributed by atoms with Crippen LogP contribution in [0.15, 0.2) is 23.1 Å². The zero-order valence-corrected chi connectivity index (χ0v) is 13.7. The third kappa shape index (κ3) is 2.25. The largest absolute Gasteiger partial charge is 0.381 e. The van der Waals surface area contributed by atoms with Crippen molar-refractivity contribution in [3.8, 4) is 0 Å². The first-order valence-corrected chi connectivity index (χ1v) is 9.57. The number of ether oxygens (including phenoxy) is 1. The fourth-order valence-corrected chi connectivity index (χ4v) is 5.81. The summed E-state index contributed by atoms with van der Waals surface area (Å²) in [5, 5.41) is 0. The van der Waals surface area contributed by atoms with Gasteiger partial charge in [-0.2, -0.15) is 13.1 Å². The van der Waals surface area contributed by atoms with E-state index >= 15 is 0 Å². The highest BCUT2D eigenvalue weighted by Gasteiger charge is 2.43. The summed E-state index contributed by atoms with van der Waals surface area (Å²) >= 11 is 1.05. The van der Waals surface area contributed by atoms with Gasteiger partial charge in [-0.15, -0.1) is 0 Å². The van der Waals surface area contributed by atoms with Crippen LogP contribution in [0, 0.1) is 5.41 Å². The number of fused-ring (bicyclic) bond motifs is 1. The Hall–Kier alpha value is -1.09. The van der Waals surface area contributed by atoms with Crippen molar-refractivity contribution in [3.05, 3.63) is 18.2 Å². The van der Waals surface area contributed by atoms with Gasteiger partial charge < -0.3 is 4.74 Å². The molecular weight excluding hydrogens is 322 g/mol. The van der Waals surface area contributed by atoms with Crippen molar-refractivity contribution in [2.24, 2.45) is 5.41 Å². The van der Waals surface area contributed by atoms with Gasteiger partial charge in [-0.1, -0.05) is 6.07 Å². The molecule has 1 spiro atoms. The maximum atomic E-state index is 13.1. The molecule has 8 heteroatoms. The second kappa shape index (κ2) is 5.23. The molecule has 0 saturated carbocycles. The van der Waals surface area contributed by atoms with E-state index in [0.717, 1.165) is 37.6 Å². The molecule has 118 valence electrons. The summed E-state index contributed by atoms with van der Waals surface area (Å²) in [6, 6.07) is 5.15. The number of hydrogen-bond donors (Lipinski definition) is 0. The highest BCUT2D eigenvalue weighted by atomic mass is 32.2. The third-order valence-electron chi connectivity index (χ3n) is 4.68. The number of nitrogens with zero attached hydrogens (tertiary/aromatic N) is 3. The Labute approximate surface area is 133 Å². The molecule has 1 atom stereocenters. The molecule has 2 fully saturated rings. The lowest BCUT2D eigenvalue weighted by atomic mass is 9.80. The van der Waals surface area contributed by atoms with Crippen LogP contribution in [0.3, 0.4) is 0 Å². The van der Waals surface area contributed by atoms with Crippen LogP contribution >= 0.6 is 11.7 Å². The Morgan fingerprint density at radius 2 is 2.18 bits per heavy atom. The fourth-order valence-electron chi connectivity index (χ4n) is 3.47. The van der Waals surface area contributed by atoms with Crippen LogP contribution in [0.5, 0.6) is 0 Å². The van der Waals surface area contributed by atoms with Gasteiger partial charge in [0.05, 0.1) is 18.3 Å². The van der Waals surface area contributed by atoms with Gasteiger partial charge in [-0.25, -0.2) is 8.42 Å². The van der Waals surface area contributed by atoms with E-state index in [9.17, 15) is 8.42 Å². The van der Waals surface area contributed by atoms with Crippen LogP contribution < -0.4 is 0 Å². The SMILES string of the molecule is O=S(=O)(c1cccc2nsnc12)N1CCCC2(CCOC2)C1. The molecule has 2 aromatic rings. The molecule has 22 heavy (non-hydrogen) atoms. The Morgan fingerprint density at radius 1 is 1.27 bits per heavy atom. The minimum Gasteiger partial charge on any atom is -0.381 e. The molecule has 0 N–H and O–H groups in total. The molecule has 2 saturated heterocycles. The fraction of sp³-hybridized carbons (Fsp3) is 0.571. The van der Waals surface area contributed by atoms with E-state index in [0.29, 0.717) is 30.7 Å². The normalized spacial score (nSPS) is 26.9. The number of aromatic nitrogens is 2. The molecule has 0 aliphatic carbocycles. The lowest BCUT2D eigenvalue weighted by Gasteiger charge is -2.38. The van der Waals surface area contributed by atoms with Crippen molar-refractivity contribution < 1.29 is 13.2 Å². The molecule has 1 unspecified atom stereocenters. The van der Waals surface area contributed by atoms with Crippen molar-refractivity contribution in [2.75, 3.05) is 26.3 Å². The molecule has 6 nitrogen and oxygen atoms in total. The van der Waals surface area contributed by atoms with Gasteiger partial charge in [0.15, 0.2) is 0 Å². The van der Waals surface area contributed by atoms with Crippen LogP contribution in [-0.2, 0) is 14.8 Å². The summed E-state index contributed by atoms with van der Waals surface area (Å²) in [5.41, 5.74) is 1.12. The summed E-state index contributed by atoms with van der Waals surface area (Å²) < 4.78 is 41.6. The summed E-state index contributed by atoms with van der Waals surface area (Å²) in [7, 11) is -3.54. The van der Waals surface area contributed by atoms with E-state index in [1.54, 1.807) is 22.5 Å². The zero-order valence-electron chi connectivity index (χ0n) is 12.1. The summed E-state index contributed by atoms with van der Waals surface area (Å²) in [6.45, 7) is 2.52. The van der Waals surface area contributed by atoms with Crippen LogP contribution in [-0.4, -0.2) is 47.8 Å². The molecule has 2 aliphatic rings. The smallest absolute Gasteiger partial charge is 0.245 e. The first-order valence-electron chi connectivity index (χ1n) is 7.40. The van der Waals surface area contributed by atoms with Crippen molar-refractivity contribution in [2.45, 2.75) is 24.2 Å². The van der Waals surface area contributed by atoms with Gasteiger partial charge in [0, 0.05) is 25.1 Å². The molecule has 2 aliphatic heterocycles. The van der Waals surface area contributed by atoms with Gasteiger partial charge in [0.1, 0.15) is 15.9 Å². The second-order valence-electron chi connectivity index (χ2n) is 6.13. The van der Waals surface area contributed by atoms with Gasteiger partial charge in [0.2, 0.25) is 10.0 Å². The van der Waals surface area contributed by atoms with Gasteiger partial charge in [0.25, 0.3) is 0 Å². The summed E-state index contributed by atoms with van der Waals surface area (Å²) in [4.78, 5) is 0.273. The minimum absolute atomic E-state index is 0.000456. The predicted octanol–water partition coefficient (Wildman–Crippen LogP) is 1.88. The van der Waals surface area contributed by atoms with Crippen LogP contribution in [0.4, 0.5) is 0 Å². The second-order valence-corrected chi connectivity index (χ2v) is 8.57. The average molecular weight is 339 g/mol. The first-order chi connectivity index (χ1) is 10.6. The Kier molecular flexibility index (Phi) is 3.44. The van der Waals surface area contributed by atoms with Gasteiger partial charge in [-0.05, 0) is 31.4 Å². The molecule has 4 rings (SSSR count). The van der Waals surface area contributed by atoms with Crippen molar-refractivity contribution in [1.82, 2.24) is 13.1 Å². The Morgan fingerprint density at radius 3 is 3.00 bits per heavy atom. The number of piperidine rings is 1. The molecule has 1 aromatic carbocycles. The van der Waals surface area contributed by atoms with Crippen molar-refractivity contribution in [1.29, 1.82) is 0 Å². The maximum absolute atomic E-state index is 13.1. The van der Waals surface area contributed by atoms with Crippen LogP contribution in [0.2, 0.25) is 0 Å². The molecule has 0 bridgehead atoms. The van der Waals surface area contributed by atoms with E-state index in [1.807, 2.05) is 0 Å². The number of rotatable bonds is 2. The predicted molar refractivity (Wildman–Crippen MR) is 83.3 cm³/mol. The summed E-state index contributed by atoms with van der Waals surface area (Å²) in [6.07, 6.45) is 2.87. The van der Waals surface area contributed by atoms with Crippen LogP contribution in [0.1, 0.15) is 19.3 Å². The van der Waals surface area contributed by atoms with Crippen LogP contribution in [0.25, 0.3) is 11.0 Å². The third-order valence-corrected chi connectivity index (χ3v) is 7.10. The van der Waals surface area contributed by atoms with Crippen molar-refractivity contribution >= 4 is 32.8 Å². The van der Waals surface area contributed by atoms with Crippen molar-refractivity contribution in [3.63, 3.8) is 0 Å². The number of benzene rings is 1. The highest BCUT2D eigenvalue weighted by molar-refractivity contribution is 7.89. The topological polar surface area (TPSA) is 72.4 Å². The maximum Gasteiger partial charge on any atom is 0.245 e. The summed E-state index contributed by atoms with van der Waals surface area (Å²) in [5.74, 6) is 0. The minimum atomic E-state index is -3.54. The lowest BCUT2D eigenvalue weighted by molar-refractivity contribution is 0.105. The quantitative estimate of drug-likeness (QED) is 0.835. The Balaban J connectivity index is 1.72. The first kappa shape index (κ1) is 14.5. The highest BCUT2D eigenvalue weighted by Crippen LogP contribution is 2.39.